The quantitative estimate of drug-likeness (QED) is 0.464. The molecule has 1 N–H and O–H groups in total. The van der Waals surface area contributed by atoms with E-state index in [2.05, 4.69) is 48.6 Å². The number of fused-ring (bicyclic) bond motifs is 1. The Labute approximate surface area is 221 Å². The van der Waals surface area contributed by atoms with E-state index in [0.29, 0.717) is 25.5 Å². The first-order valence-electron chi connectivity index (χ1n) is 13.5. The first-order valence-corrected chi connectivity index (χ1v) is 13.5. The second-order valence-electron chi connectivity index (χ2n) is 11.2. The SMILES string of the molecule is Cc1ccc(-c2ccc3c(c2)C=C(C(=O)NCCCC2CCN(C(=O)OC(C)(C)C)CC2)CCO3)cc1. The van der Waals surface area contributed by atoms with Crippen molar-refractivity contribution < 1.29 is 19.1 Å². The van der Waals surface area contributed by atoms with Gasteiger partial charge in [0.15, 0.2) is 0 Å². The van der Waals surface area contributed by atoms with E-state index >= 15 is 0 Å². The lowest BCUT2D eigenvalue weighted by Crippen LogP contribution is -2.41. The molecule has 4 rings (SSSR count). The molecule has 198 valence electrons. The summed E-state index contributed by atoms with van der Waals surface area (Å²) in [6, 6.07) is 14.6. The first-order chi connectivity index (χ1) is 17.7. The van der Waals surface area contributed by atoms with Crippen molar-refractivity contribution in [2.45, 2.75) is 65.4 Å². The van der Waals surface area contributed by atoms with Crippen LogP contribution in [0.4, 0.5) is 4.79 Å². The van der Waals surface area contributed by atoms with Crippen LogP contribution in [0.15, 0.2) is 48.0 Å². The summed E-state index contributed by atoms with van der Waals surface area (Å²) in [7, 11) is 0. The molecule has 1 saturated heterocycles. The summed E-state index contributed by atoms with van der Waals surface area (Å²) < 4.78 is 11.4. The van der Waals surface area contributed by atoms with Crippen LogP contribution in [0.1, 0.15) is 64.0 Å². The van der Waals surface area contributed by atoms with Crippen LogP contribution in [0.5, 0.6) is 5.75 Å². The molecule has 2 aromatic carbocycles. The minimum Gasteiger partial charge on any atom is -0.493 e. The average Bonchev–Trinajstić information content (AvgIpc) is 3.08. The number of aryl methyl sites for hydroxylation is 1. The Kier molecular flexibility index (Phi) is 8.57. The van der Waals surface area contributed by atoms with Gasteiger partial charge in [-0.25, -0.2) is 4.79 Å². The maximum Gasteiger partial charge on any atom is 0.410 e. The molecular formula is C31H40N2O4. The fourth-order valence-electron chi connectivity index (χ4n) is 4.87. The van der Waals surface area contributed by atoms with Crippen LogP contribution in [0.2, 0.25) is 0 Å². The minimum atomic E-state index is -0.462. The zero-order valence-electron chi connectivity index (χ0n) is 22.6. The Morgan fingerprint density at radius 1 is 1.05 bits per heavy atom. The van der Waals surface area contributed by atoms with Crippen LogP contribution in [-0.2, 0) is 9.53 Å². The predicted molar refractivity (Wildman–Crippen MR) is 147 cm³/mol. The molecule has 2 aromatic rings. The Hall–Kier alpha value is -3.28. The van der Waals surface area contributed by atoms with Crippen LogP contribution >= 0.6 is 0 Å². The highest BCUT2D eigenvalue weighted by Gasteiger charge is 2.26. The molecule has 0 aliphatic carbocycles. The molecule has 0 spiro atoms. The normalized spacial score (nSPS) is 16.2. The molecule has 1 fully saturated rings. The maximum atomic E-state index is 12.9. The van der Waals surface area contributed by atoms with Crippen LogP contribution in [0, 0.1) is 12.8 Å². The lowest BCUT2D eigenvalue weighted by Gasteiger charge is -2.33. The van der Waals surface area contributed by atoms with Crippen molar-refractivity contribution in [3.05, 3.63) is 59.2 Å². The Morgan fingerprint density at radius 3 is 2.46 bits per heavy atom. The number of carbonyl (C=O) groups is 2. The molecule has 0 atom stereocenters. The lowest BCUT2D eigenvalue weighted by atomic mass is 9.92. The molecule has 2 heterocycles. The Morgan fingerprint density at radius 2 is 1.76 bits per heavy atom. The second-order valence-corrected chi connectivity index (χ2v) is 11.2. The van der Waals surface area contributed by atoms with Crippen LogP contribution in [-0.4, -0.2) is 48.7 Å². The van der Waals surface area contributed by atoms with E-state index in [1.165, 1.54) is 5.56 Å². The topological polar surface area (TPSA) is 67.9 Å². The third-order valence-electron chi connectivity index (χ3n) is 6.99. The number of hydrogen-bond donors (Lipinski definition) is 1. The number of ether oxygens (including phenoxy) is 2. The highest BCUT2D eigenvalue weighted by molar-refractivity contribution is 5.98. The number of hydrogen-bond acceptors (Lipinski definition) is 4. The predicted octanol–water partition coefficient (Wildman–Crippen LogP) is 6.37. The van der Waals surface area contributed by atoms with Crippen LogP contribution < -0.4 is 10.1 Å². The van der Waals surface area contributed by atoms with E-state index in [1.807, 2.05) is 37.8 Å². The van der Waals surface area contributed by atoms with Gasteiger partial charge in [0.05, 0.1) is 6.61 Å². The first kappa shape index (κ1) is 26.8. The molecule has 6 heteroatoms. The number of nitrogens with one attached hydrogen (secondary N) is 1. The molecule has 2 aliphatic rings. The fraction of sp³-hybridized carbons (Fsp3) is 0.484. The largest absolute Gasteiger partial charge is 0.493 e. The van der Waals surface area contributed by atoms with Gasteiger partial charge in [0.2, 0.25) is 5.91 Å². The lowest BCUT2D eigenvalue weighted by molar-refractivity contribution is -0.117. The van der Waals surface area contributed by atoms with Crippen LogP contribution in [0.25, 0.3) is 17.2 Å². The molecule has 0 aromatic heterocycles. The number of benzene rings is 2. The zero-order valence-corrected chi connectivity index (χ0v) is 22.6. The molecule has 0 radical (unpaired) electrons. The van der Waals surface area contributed by atoms with Gasteiger partial charge in [0.25, 0.3) is 0 Å². The van der Waals surface area contributed by atoms with Gasteiger partial charge < -0.3 is 19.7 Å². The van der Waals surface area contributed by atoms with E-state index in [4.69, 9.17) is 9.47 Å². The number of rotatable bonds is 6. The van der Waals surface area contributed by atoms with Crippen molar-refractivity contribution in [1.82, 2.24) is 10.2 Å². The average molecular weight is 505 g/mol. The molecule has 0 saturated carbocycles. The van der Waals surface area contributed by atoms with E-state index in [-0.39, 0.29) is 12.0 Å². The standard InChI is InChI=1S/C31H40N2O4/c1-22-7-9-24(10-8-22)25-11-12-28-27(20-25)21-26(15-19-36-28)29(34)32-16-5-6-23-13-17-33(18-14-23)30(35)37-31(2,3)4/h7-12,20-21,23H,5-6,13-19H2,1-4H3,(H,32,34). The van der Waals surface area contributed by atoms with E-state index in [0.717, 1.165) is 66.8 Å². The van der Waals surface area contributed by atoms with Gasteiger partial charge in [-0.1, -0.05) is 35.9 Å². The van der Waals surface area contributed by atoms with Crippen molar-refractivity contribution in [2.24, 2.45) is 5.92 Å². The summed E-state index contributed by atoms with van der Waals surface area (Å²) in [5.41, 5.74) is 4.72. The van der Waals surface area contributed by atoms with Gasteiger partial charge in [0, 0.05) is 37.2 Å². The fourth-order valence-corrected chi connectivity index (χ4v) is 4.87. The number of amides is 2. The molecule has 6 nitrogen and oxygen atoms in total. The molecular weight excluding hydrogens is 464 g/mol. The smallest absolute Gasteiger partial charge is 0.410 e. The van der Waals surface area contributed by atoms with Crippen molar-refractivity contribution in [3.8, 4) is 16.9 Å². The minimum absolute atomic E-state index is 0.0167. The Balaban J connectivity index is 1.25. The number of piperidine rings is 1. The second kappa shape index (κ2) is 11.8. The van der Waals surface area contributed by atoms with Gasteiger partial charge in [0.1, 0.15) is 11.4 Å². The molecule has 37 heavy (non-hydrogen) atoms. The molecule has 0 unspecified atom stereocenters. The van der Waals surface area contributed by atoms with E-state index in [1.54, 1.807) is 0 Å². The molecule has 0 bridgehead atoms. The number of nitrogens with zero attached hydrogens (tertiary/aromatic N) is 1. The van der Waals surface area contributed by atoms with Crippen molar-refractivity contribution >= 4 is 18.1 Å². The van der Waals surface area contributed by atoms with E-state index < -0.39 is 5.60 Å². The summed E-state index contributed by atoms with van der Waals surface area (Å²) in [5.74, 6) is 1.38. The number of likely N-dealkylation sites (tertiary alicyclic amines) is 1. The molecule has 2 aliphatic heterocycles. The van der Waals surface area contributed by atoms with Gasteiger partial charge in [-0.05, 0) is 88.6 Å². The summed E-state index contributed by atoms with van der Waals surface area (Å²) in [6.45, 7) is 10.4. The summed E-state index contributed by atoms with van der Waals surface area (Å²) >= 11 is 0. The van der Waals surface area contributed by atoms with Gasteiger partial charge >= 0.3 is 6.09 Å². The Bertz CT molecular complexity index is 1120. The summed E-state index contributed by atoms with van der Waals surface area (Å²) in [5, 5.41) is 3.11. The monoisotopic (exact) mass is 504 g/mol. The van der Waals surface area contributed by atoms with Gasteiger partial charge in [-0.3, -0.25) is 4.79 Å². The van der Waals surface area contributed by atoms with Crippen LogP contribution in [0.3, 0.4) is 0 Å². The van der Waals surface area contributed by atoms with Crippen molar-refractivity contribution in [2.75, 3.05) is 26.2 Å². The van der Waals surface area contributed by atoms with E-state index in [9.17, 15) is 9.59 Å². The summed E-state index contributed by atoms with van der Waals surface area (Å²) in [4.78, 5) is 27.0. The van der Waals surface area contributed by atoms with Crippen molar-refractivity contribution in [3.63, 3.8) is 0 Å². The third kappa shape index (κ3) is 7.61. The van der Waals surface area contributed by atoms with Gasteiger partial charge in [-0.15, -0.1) is 0 Å². The highest BCUT2D eigenvalue weighted by atomic mass is 16.6. The highest BCUT2D eigenvalue weighted by Crippen LogP contribution is 2.31. The summed E-state index contributed by atoms with van der Waals surface area (Å²) in [6.07, 6.45) is 6.29. The third-order valence-corrected chi connectivity index (χ3v) is 6.99. The molecule has 2 amide bonds. The van der Waals surface area contributed by atoms with Crippen molar-refractivity contribution in [1.29, 1.82) is 0 Å². The number of carbonyl (C=O) groups excluding carboxylic acids is 2. The maximum absolute atomic E-state index is 12.9. The van der Waals surface area contributed by atoms with Gasteiger partial charge in [-0.2, -0.15) is 0 Å². The zero-order chi connectivity index (χ0) is 26.4.